The minimum Gasteiger partial charge on any atom is -0.399 e. The van der Waals surface area contributed by atoms with Gasteiger partial charge in [-0.2, -0.15) is 0 Å². The SMILES string of the molecule is CO/N=C1\C[C@@H](O)C[C@H](O)C1C. The fraction of sp³-hybridized carbons (Fsp3) is 0.875. The summed E-state index contributed by atoms with van der Waals surface area (Å²) in [7, 11) is 1.47. The van der Waals surface area contributed by atoms with Gasteiger partial charge in [-0.1, -0.05) is 12.1 Å². The lowest BCUT2D eigenvalue weighted by atomic mass is 9.84. The third-order valence-corrected chi connectivity index (χ3v) is 2.27. The Bertz CT molecular complexity index is 181. The molecule has 0 radical (unpaired) electrons. The van der Waals surface area contributed by atoms with Gasteiger partial charge >= 0.3 is 0 Å². The zero-order chi connectivity index (χ0) is 9.14. The third kappa shape index (κ3) is 1.95. The van der Waals surface area contributed by atoms with Crippen molar-refractivity contribution in [3.63, 3.8) is 0 Å². The first-order valence-corrected chi connectivity index (χ1v) is 4.11. The molecule has 0 amide bonds. The predicted octanol–water partition coefficient (Wildman–Crippen LogP) is 0.141. The van der Waals surface area contributed by atoms with Gasteiger partial charge in [-0.05, 0) is 0 Å². The molecule has 3 atom stereocenters. The number of hydrogen-bond acceptors (Lipinski definition) is 4. The van der Waals surface area contributed by atoms with E-state index >= 15 is 0 Å². The van der Waals surface area contributed by atoms with Gasteiger partial charge in [0, 0.05) is 18.8 Å². The van der Waals surface area contributed by atoms with Crippen molar-refractivity contribution in [1.82, 2.24) is 0 Å². The number of aliphatic hydroxyl groups excluding tert-OH is 2. The van der Waals surface area contributed by atoms with Crippen LogP contribution in [-0.2, 0) is 4.84 Å². The molecule has 1 aliphatic carbocycles. The van der Waals surface area contributed by atoms with E-state index in [1.165, 1.54) is 7.11 Å². The standard InChI is InChI=1S/C8H15NO3/c1-5-7(9-12-2)3-6(10)4-8(5)11/h5-6,8,10-11H,3-4H2,1-2H3/b9-7+/t5?,6-,8+/m1/s1. The van der Waals surface area contributed by atoms with Crippen LogP contribution in [0, 0.1) is 5.92 Å². The van der Waals surface area contributed by atoms with Gasteiger partial charge in [-0.15, -0.1) is 0 Å². The number of nitrogens with zero attached hydrogens (tertiary/aromatic N) is 1. The van der Waals surface area contributed by atoms with E-state index in [9.17, 15) is 10.2 Å². The number of rotatable bonds is 1. The van der Waals surface area contributed by atoms with Gasteiger partial charge in [-0.3, -0.25) is 0 Å². The topological polar surface area (TPSA) is 62.0 Å². The molecule has 0 bridgehead atoms. The molecule has 0 aromatic carbocycles. The first-order valence-electron chi connectivity index (χ1n) is 4.11. The fourth-order valence-corrected chi connectivity index (χ4v) is 1.45. The van der Waals surface area contributed by atoms with Gasteiger partial charge in [-0.25, -0.2) is 0 Å². The highest BCUT2D eigenvalue weighted by atomic mass is 16.6. The van der Waals surface area contributed by atoms with Crippen molar-refractivity contribution in [1.29, 1.82) is 0 Å². The van der Waals surface area contributed by atoms with E-state index in [1.54, 1.807) is 0 Å². The molecule has 0 aromatic heterocycles. The van der Waals surface area contributed by atoms with Gasteiger partial charge in [0.05, 0.1) is 17.9 Å². The predicted molar refractivity (Wildman–Crippen MR) is 44.9 cm³/mol. The van der Waals surface area contributed by atoms with Crippen LogP contribution < -0.4 is 0 Å². The molecule has 4 heteroatoms. The number of oxime groups is 1. The summed E-state index contributed by atoms with van der Waals surface area (Å²) in [5, 5.41) is 22.5. The van der Waals surface area contributed by atoms with Crippen LogP contribution in [0.15, 0.2) is 5.16 Å². The van der Waals surface area contributed by atoms with Crippen molar-refractivity contribution < 1.29 is 15.1 Å². The lowest BCUT2D eigenvalue weighted by molar-refractivity contribution is 0.0490. The molecular formula is C8H15NO3. The Morgan fingerprint density at radius 2 is 2.17 bits per heavy atom. The Kier molecular flexibility index (Phi) is 3.05. The van der Waals surface area contributed by atoms with Crippen LogP contribution in [0.1, 0.15) is 19.8 Å². The molecule has 0 saturated heterocycles. The lowest BCUT2D eigenvalue weighted by Gasteiger charge is -2.28. The first-order chi connectivity index (χ1) is 5.65. The quantitative estimate of drug-likeness (QED) is 0.554. The maximum absolute atomic E-state index is 9.45. The van der Waals surface area contributed by atoms with Crippen molar-refractivity contribution in [2.75, 3.05) is 7.11 Å². The zero-order valence-corrected chi connectivity index (χ0v) is 7.40. The summed E-state index contributed by atoms with van der Waals surface area (Å²) >= 11 is 0. The second kappa shape index (κ2) is 3.87. The number of aliphatic hydroxyl groups is 2. The molecule has 1 rings (SSSR count). The molecule has 12 heavy (non-hydrogen) atoms. The van der Waals surface area contributed by atoms with Gasteiger partial charge in [0.1, 0.15) is 7.11 Å². The Morgan fingerprint density at radius 3 is 2.75 bits per heavy atom. The van der Waals surface area contributed by atoms with Crippen LogP contribution in [0.5, 0.6) is 0 Å². The van der Waals surface area contributed by atoms with Gasteiger partial charge < -0.3 is 15.1 Å². The highest BCUT2D eigenvalue weighted by molar-refractivity contribution is 5.87. The summed E-state index contributed by atoms with van der Waals surface area (Å²) in [4.78, 5) is 4.61. The van der Waals surface area contributed by atoms with E-state index in [-0.39, 0.29) is 5.92 Å². The van der Waals surface area contributed by atoms with E-state index in [0.717, 1.165) is 5.71 Å². The molecule has 1 unspecified atom stereocenters. The summed E-state index contributed by atoms with van der Waals surface area (Å²) in [6, 6.07) is 0. The molecule has 1 aliphatic rings. The van der Waals surface area contributed by atoms with Crippen LogP contribution in [0.25, 0.3) is 0 Å². The molecule has 1 saturated carbocycles. The summed E-state index contributed by atoms with van der Waals surface area (Å²) in [5.41, 5.74) is 0.740. The second-order valence-corrected chi connectivity index (χ2v) is 3.21. The minimum atomic E-state index is -0.498. The monoisotopic (exact) mass is 173 g/mol. The third-order valence-electron chi connectivity index (χ3n) is 2.27. The zero-order valence-electron chi connectivity index (χ0n) is 7.40. The number of hydrogen-bond donors (Lipinski definition) is 2. The Balaban J connectivity index is 2.66. The molecule has 1 fully saturated rings. The van der Waals surface area contributed by atoms with Gasteiger partial charge in [0.25, 0.3) is 0 Å². The average Bonchev–Trinajstić information content (AvgIpc) is 2.00. The molecule has 2 N–H and O–H groups in total. The highest BCUT2D eigenvalue weighted by Crippen LogP contribution is 2.22. The Hall–Kier alpha value is -0.610. The molecule has 4 nitrogen and oxygen atoms in total. The second-order valence-electron chi connectivity index (χ2n) is 3.21. The van der Waals surface area contributed by atoms with Crippen LogP contribution in [0.4, 0.5) is 0 Å². The van der Waals surface area contributed by atoms with Crippen molar-refractivity contribution in [3.8, 4) is 0 Å². The smallest absolute Gasteiger partial charge is 0.106 e. The fourth-order valence-electron chi connectivity index (χ4n) is 1.45. The molecule has 0 spiro atoms. The molecule has 70 valence electrons. The first kappa shape index (κ1) is 9.48. The van der Waals surface area contributed by atoms with Crippen LogP contribution >= 0.6 is 0 Å². The highest BCUT2D eigenvalue weighted by Gasteiger charge is 2.30. The van der Waals surface area contributed by atoms with E-state index < -0.39 is 12.2 Å². The van der Waals surface area contributed by atoms with Gasteiger partial charge in [0.2, 0.25) is 0 Å². The van der Waals surface area contributed by atoms with Crippen molar-refractivity contribution >= 4 is 5.71 Å². The van der Waals surface area contributed by atoms with Crippen LogP contribution in [0.3, 0.4) is 0 Å². The van der Waals surface area contributed by atoms with Crippen molar-refractivity contribution in [3.05, 3.63) is 0 Å². The Morgan fingerprint density at radius 1 is 1.50 bits per heavy atom. The molecule has 0 aromatic rings. The summed E-state index contributed by atoms with van der Waals surface area (Å²) in [6.07, 6.45) is -0.0385. The average molecular weight is 173 g/mol. The largest absolute Gasteiger partial charge is 0.399 e. The normalized spacial score (nSPS) is 40.0. The molecule has 0 aliphatic heterocycles. The Labute approximate surface area is 71.8 Å². The molecule has 0 heterocycles. The molecular weight excluding hydrogens is 158 g/mol. The maximum atomic E-state index is 9.45. The minimum absolute atomic E-state index is 0.00616. The summed E-state index contributed by atoms with van der Waals surface area (Å²) < 4.78 is 0. The van der Waals surface area contributed by atoms with E-state index in [1.807, 2.05) is 6.92 Å². The lowest BCUT2D eigenvalue weighted by Crippen LogP contribution is -2.37. The van der Waals surface area contributed by atoms with Crippen molar-refractivity contribution in [2.45, 2.75) is 32.0 Å². The maximum Gasteiger partial charge on any atom is 0.106 e. The van der Waals surface area contributed by atoms with E-state index in [0.29, 0.717) is 12.8 Å². The van der Waals surface area contributed by atoms with Gasteiger partial charge in [0.15, 0.2) is 0 Å². The van der Waals surface area contributed by atoms with Crippen LogP contribution in [0.2, 0.25) is 0 Å². The van der Waals surface area contributed by atoms with Crippen molar-refractivity contribution in [2.24, 2.45) is 11.1 Å². The van der Waals surface area contributed by atoms with E-state index in [4.69, 9.17) is 0 Å². The van der Waals surface area contributed by atoms with Crippen LogP contribution in [-0.4, -0.2) is 35.2 Å². The van der Waals surface area contributed by atoms with E-state index in [2.05, 4.69) is 9.99 Å². The summed E-state index contributed by atoms with van der Waals surface area (Å²) in [5.74, 6) is -0.00616. The summed E-state index contributed by atoms with van der Waals surface area (Å²) in [6.45, 7) is 1.88.